The van der Waals surface area contributed by atoms with E-state index in [1.165, 1.54) is 5.69 Å². The largest absolute Gasteiger partial charge is 0.369 e. The fourth-order valence-corrected chi connectivity index (χ4v) is 4.05. The van der Waals surface area contributed by atoms with E-state index >= 15 is 0 Å². The third kappa shape index (κ3) is 4.43. The fourth-order valence-electron chi connectivity index (χ4n) is 4.05. The molecule has 0 saturated carbocycles. The Morgan fingerprint density at radius 3 is 2.76 bits per heavy atom. The summed E-state index contributed by atoms with van der Waals surface area (Å²) in [4.78, 5) is 25.0. The lowest BCUT2D eigenvalue weighted by molar-refractivity contribution is -0.115. The van der Waals surface area contributed by atoms with Gasteiger partial charge in [-0.25, -0.2) is 4.98 Å². The van der Waals surface area contributed by atoms with E-state index in [1.807, 2.05) is 24.4 Å². The summed E-state index contributed by atoms with van der Waals surface area (Å²) in [5.41, 5.74) is 4.96. The molecule has 1 saturated heterocycles. The number of piperazine rings is 1. The molecule has 0 aliphatic carbocycles. The van der Waals surface area contributed by atoms with E-state index in [-0.39, 0.29) is 5.91 Å². The first-order valence-corrected chi connectivity index (χ1v) is 10.3. The number of aryl methyl sites for hydroxylation is 1. The maximum absolute atomic E-state index is 12.7. The third-order valence-corrected chi connectivity index (χ3v) is 5.64. The van der Waals surface area contributed by atoms with Gasteiger partial charge in [0.1, 0.15) is 5.65 Å². The number of anilines is 2. The van der Waals surface area contributed by atoms with Gasteiger partial charge in [-0.3, -0.25) is 9.69 Å². The van der Waals surface area contributed by atoms with Gasteiger partial charge in [-0.05, 0) is 62.2 Å². The quantitative estimate of drug-likeness (QED) is 0.698. The van der Waals surface area contributed by atoms with E-state index in [4.69, 9.17) is 0 Å². The van der Waals surface area contributed by atoms with Gasteiger partial charge in [-0.15, -0.1) is 0 Å². The van der Waals surface area contributed by atoms with Gasteiger partial charge in [0.2, 0.25) is 5.91 Å². The summed E-state index contributed by atoms with van der Waals surface area (Å²) in [7, 11) is 0. The standard InChI is InChI=1S/C23H29N5O/c1-16(2)27-7-9-28(10-8-27)20-12-17(3)11-19(14-20)26-22(29)13-18-15-25-23-21(18)5-4-6-24-23/h4-6,11-12,14-16H,7-10,13H2,1-3H3,(H,24,25)(H,26,29). The van der Waals surface area contributed by atoms with Crippen LogP contribution < -0.4 is 10.2 Å². The normalized spacial score (nSPS) is 15.2. The number of H-pyrrole nitrogens is 1. The summed E-state index contributed by atoms with van der Waals surface area (Å²) in [5.74, 6) is -0.0177. The van der Waals surface area contributed by atoms with Crippen molar-refractivity contribution in [3.63, 3.8) is 0 Å². The highest BCUT2D eigenvalue weighted by Crippen LogP contribution is 2.24. The number of benzene rings is 1. The molecule has 1 aromatic carbocycles. The number of fused-ring (bicyclic) bond motifs is 1. The van der Waals surface area contributed by atoms with E-state index in [2.05, 4.69) is 58.0 Å². The Bertz CT molecular complexity index is 1000. The highest BCUT2D eigenvalue weighted by molar-refractivity contribution is 5.95. The molecule has 6 nitrogen and oxygen atoms in total. The average Bonchev–Trinajstić information content (AvgIpc) is 3.10. The number of carbonyl (C=O) groups excluding carboxylic acids is 1. The summed E-state index contributed by atoms with van der Waals surface area (Å²) < 4.78 is 0. The van der Waals surface area contributed by atoms with Gasteiger partial charge in [-0.1, -0.05) is 0 Å². The average molecular weight is 392 g/mol. The number of aromatic nitrogens is 2. The van der Waals surface area contributed by atoms with Crippen LogP contribution >= 0.6 is 0 Å². The molecule has 6 heteroatoms. The lowest BCUT2D eigenvalue weighted by atomic mass is 10.1. The van der Waals surface area contributed by atoms with Crippen LogP contribution in [0.15, 0.2) is 42.7 Å². The molecule has 152 valence electrons. The van der Waals surface area contributed by atoms with Crippen molar-refractivity contribution in [1.82, 2.24) is 14.9 Å². The van der Waals surface area contributed by atoms with Gasteiger partial charge < -0.3 is 15.2 Å². The van der Waals surface area contributed by atoms with Crippen LogP contribution in [0.4, 0.5) is 11.4 Å². The van der Waals surface area contributed by atoms with Gasteiger partial charge >= 0.3 is 0 Å². The Morgan fingerprint density at radius 2 is 2.00 bits per heavy atom. The van der Waals surface area contributed by atoms with Crippen LogP contribution in [0.2, 0.25) is 0 Å². The zero-order valence-electron chi connectivity index (χ0n) is 17.4. The van der Waals surface area contributed by atoms with Crippen LogP contribution in [-0.2, 0) is 11.2 Å². The number of hydrogen-bond donors (Lipinski definition) is 2. The van der Waals surface area contributed by atoms with Crippen molar-refractivity contribution in [3.05, 3.63) is 53.9 Å². The van der Waals surface area contributed by atoms with Gasteiger partial charge in [0.05, 0.1) is 6.42 Å². The van der Waals surface area contributed by atoms with Crippen LogP contribution in [0, 0.1) is 6.92 Å². The highest BCUT2D eigenvalue weighted by Gasteiger charge is 2.19. The van der Waals surface area contributed by atoms with Crippen molar-refractivity contribution < 1.29 is 4.79 Å². The molecule has 0 unspecified atom stereocenters. The number of rotatable bonds is 5. The van der Waals surface area contributed by atoms with Gasteiger partial charge in [0.25, 0.3) is 0 Å². The molecule has 1 aliphatic rings. The van der Waals surface area contributed by atoms with Crippen LogP contribution in [-0.4, -0.2) is 53.0 Å². The number of nitrogens with one attached hydrogen (secondary N) is 2. The smallest absolute Gasteiger partial charge is 0.228 e. The van der Waals surface area contributed by atoms with Crippen LogP contribution in [0.25, 0.3) is 11.0 Å². The van der Waals surface area contributed by atoms with Gasteiger partial charge in [0.15, 0.2) is 0 Å². The lowest BCUT2D eigenvalue weighted by Crippen LogP contribution is -2.48. The molecule has 2 aromatic heterocycles. The number of aromatic amines is 1. The Morgan fingerprint density at radius 1 is 1.21 bits per heavy atom. The number of nitrogens with zero attached hydrogens (tertiary/aromatic N) is 3. The molecule has 1 amide bonds. The number of carbonyl (C=O) groups is 1. The first kappa shape index (κ1) is 19.5. The summed E-state index contributed by atoms with van der Waals surface area (Å²) in [6.45, 7) is 10.7. The monoisotopic (exact) mass is 391 g/mol. The van der Waals surface area contributed by atoms with Crippen LogP contribution in [0.3, 0.4) is 0 Å². The zero-order valence-corrected chi connectivity index (χ0v) is 17.4. The van der Waals surface area contributed by atoms with Crippen LogP contribution in [0.1, 0.15) is 25.0 Å². The Balaban J connectivity index is 1.44. The second kappa shape index (κ2) is 8.25. The minimum Gasteiger partial charge on any atom is -0.369 e. The minimum absolute atomic E-state index is 0.0177. The van der Waals surface area contributed by atoms with Crippen molar-refractivity contribution in [2.24, 2.45) is 0 Å². The van der Waals surface area contributed by atoms with Crippen molar-refractivity contribution in [2.45, 2.75) is 33.2 Å². The van der Waals surface area contributed by atoms with E-state index in [9.17, 15) is 4.79 Å². The summed E-state index contributed by atoms with van der Waals surface area (Å²) in [6, 6.07) is 10.8. The Kier molecular flexibility index (Phi) is 5.53. The Labute approximate surface area is 171 Å². The van der Waals surface area contributed by atoms with Crippen molar-refractivity contribution in [1.29, 1.82) is 0 Å². The van der Waals surface area contributed by atoms with E-state index in [0.717, 1.165) is 54.0 Å². The Hall–Kier alpha value is -2.86. The molecule has 0 atom stereocenters. The third-order valence-electron chi connectivity index (χ3n) is 5.64. The number of pyridine rings is 1. The molecule has 29 heavy (non-hydrogen) atoms. The molecule has 3 aromatic rings. The predicted octanol–water partition coefficient (Wildman–Crippen LogP) is 3.58. The minimum atomic E-state index is -0.0177. The molecular formula is C23H29N5O. The summed E-state index contributed by atoms with van der Waals surface area (Å²) in [6.07, 6.45) is 3.94. The maximum Gasteiger partial charge on any atom is 0.228 e. The van der Waals surface area contributed by atoms with E-state index in [1.54, 1.807) is 6.20 Å². The van der Waals surface area contributed by atoms with Crippen molar-refractivity contribution >= 4 is 28.3 Å². The SMILES string of the molecule is Cc1cc(NC(=O)Cc2c[nH]c3ncccc23)cc(N2CCN(C(C)C)CC2)c1. The molecule has 2 N–H and O–H groups in total. The topological polar surface area (TPSA) is 64.3 Å². The molecule has 0 bridgehead atoms. The summed E-state index contributed by atoms with van der Waals surface area (Å²) >= 11 is 0. The zero-order chi connectivity index (χ0) is 20.4. The molecule has 3 heterocycles. The molecule has 0 radical (unpaired) electrons. The molecule has 1 fully saturated rings. The first-order valence-electron chi connectivity index (χ1n) is 10.3. The molecule has 4 rings (SSSR count). The fraction of sp³-hybridized carbons (Fsp3) is 0.391. The lowest BCUT2D eigenvalue weighted by Gasteiger charge is -2.38. The van der Waals surface area contributed by atoms with Crippen LogP contribution in [0.5, 0.6) is 0 Å². The number of amides is 1. The molecular weight excluding hydrogens is 362 g/mol. The molecule has 0 spiro atoms. The van der Waals surface area contributed by atoms with Gasteiger partial charge in [0, 0.05) is 61.4 Å². The van der Waals surface area contributed by atoms with Crippen molar-refractivity contribution in [3.8, 4) is 0 Å². The number of hydrogen-bond acceptors (Lipinski definition) is 4. The highest BCUT2D eigenvalue weighted by atomic mass is 16.1. The van der Waals surface area contributed by atoms with Crippen molar-refractivity contribution in [2.75, 3.05) is 36.4 Å². The maximum atomic E-state index is 12.7. The predicted molar refractivity (Wildman–Crippen MR) is 119 cm³/mol. The van der Waals surface area contributed by atoms with E-state index in [0.29, 0.717) is 12.5 Å². The molecule has 1 aliphatic heterocycles. The second-order valence-corrected chi connectivity index (χ2v) is 8.11. The second-order valence-electron chi connectivity index (χ2n) is 8.11. The van der Waals surface area contributed by atoms with E-state index < -0.39 is 0 Å². The van der Waals surface area contributed by atoms with Gasteiger partial charge in [-0.2, -0.15) is 0 Å². The first-order chi connectivity index (χ1) is 14.0. The summed E-state index contributed by atoms with van der Waals surface area (Å²) in [5, 5.41) is 4.08.